The van der Waals surface area contributed by atoms with Crippen LogP contribution < -0.4 is 5.32 Å². The number of rotatable bonds is 8. The van der Waals surface area contributed by atoms with Gasteiger partial charge in [-0.1, -0.05) is 6.92 Å². The average molecular weight is 285 g/mol. The molecule has 0 aliphatic heterocycles. The van der Waals surface area contributed by atoms with Gasteiger partial charge in [0, 0.05) is 7.11 Å². The smallest absolute Gasteiger partial charge is 0.326 e. The molecule has 3 unspecified atom stereocenters. The van der Waals surface area contributed by atoms with Crippen molar-refractivity contribution in [3.8, 4) is 0 Å². The lowest BCUT2D eigenvalue weighted by molar-refractivity contribution is -0.151. The fourth-order valence-electron chi connectivity index (χ4n) is 3.23. The molecule has 0 saturated heterocycles. The van der Waals surface area contributed by atoms with E-state index < -0.39 is 11.5 Å². The highest BCUT2D eigenvalue weighted by Crippen LogP contribution is 2.40. The number of carboxylic acid groups (broad SMARTS) is 1. The van der Waals surface area contributed by atoms with E-state index >= 15 is 0 Å². The molecule has 2 rings (SSSR count). The Labute approximate surface area is 121 Å². The molecule has 0 amide bonds. The average Bonchev–Trinajstić information content (AvgIpc) is 3.28. The van der Waals surface area contributed by atoms with Crippen LogP contribution in [-0.4, -0.2) is 49.1 Å². The number of hydrogen-bond donors (Lipinski definition) is 2. The van der Waals surface area contributed by atoms with E-state index in [2.05, 4.69) is 5.32 Å². The summed E-state index contributed by atoms with van der Waals surface area (Å²) in [7, 11) is 1.73. The second kappa shape index (κ2) is 6.87. The summed E-state index contributed by atoms with van der Waals surface area (Å²) >= 11 is 0. The molecule has 116 valence electrons. The largest absolute Gasteiger partial charge is 0.480 e. The van der Waals surface area contributed by atoms with Crippen LogP contribution in [0.1, 0.15) is 45.4 Å². The Morgan fingerprint density at radius 2 is 2.00 bits per heavy atom. The summed E-state index contributed by atoms with van der Waals surface area (Å²) in [5.74, 6) is -0.567. The second-order valence-electron chi connectivity index (χ2n) is 6.04. The van der Waals surface area contributed by atoms with Crippen molar-refractivity contribution in [3.05, 3.63) is 0 Å². The number of hydrogen-bond acceptors (Lipinski definition) is 4. The minimum absolute atomic E-state index is 0.129. The molecule has 0 aromatic carbocycles. The van der Waals surface area contributed by atoms with Gasteiger partial charge in [-0.2, -0.15) is 0 Å². The van der Waals surface area contributed by atoms with Crippen LogP contribution in [0.5, 0.6) is 0 Å². The first-order chi connectivity index (χ1) is 9.62. The lowest BCUT2D eigenvalue weighted by atomic mass is 9.92. The summed E-state index contributed by atoms with van der Waals surface area (Å²) in [5.41, 5.74) is -0.894. The van der Waals surface area contributed by atoms with Gasteiger partial charge in [0.05, 0.1) is 18.8 Å². The van der Waals surface area contributed by atoms with Gasteiger partial charge in [-0.15, -0.1) is 0 Å². The highest BCUT2D eigenvalue weighted by atomic mass is 16.5. The molecule has 0 aromatic heterocycles. The molecular formula is C15H27NO4. The van der Waals surface area contributed by atoms with E-state index in [-0.39, 0.29) is 24.7 Å². The van der Waals surface area contributed by atoms with Crippen LogP contribution in [0.3, 0.4) is 0 Å². The van der Waals surface area contributed by atoms with Crippen LogP contribution in [0.15, 0.2) is 0 Å². The highest BCUT2D eigenvalue weighted by molar-refractivity contribution is 5.80. The quantitative estimate of drug-likeness (QED) is 0.712. The number of ether oxygens (including phenoxy) is 2. The zero-order valence-electron chi connectivity index (χ0n) is 12.6. The Balaban J connectivity index is 1.92. The van der Waals surface area contributed by atoms with Gasteiger partial charge in [-0.05, 0) is 51.0 Å². The van der Waals surface area contributed by atoms with E-state index in [9.17, 15) is 9.90 Å². The van der Waals surface area contributed by atoms with Crippen molar-refractivity contribution in [2.75, 3.05) is 20.3 Å². The molecule has 5 nitrogen and oxygen atoms in total. The van der Waals surface area contributed by atoms with Gasteiger partial charge in [0.25, 0.3) is 0 Å². The van der Waals surface area contributed by atoms with E-state index in [4.69, 9.17) is 9.47 Å². The van der Waals surface area contributed by atoms with Crippen LogP contribution in [0.4, 0.5) is 0 Å². The van der Waals surface area contributed by atoms with Crippen molar-refractivity contribution >= 4 is 5.97 Å². The van der Waals surface area contributed by atoms with Crippen molar-refractivity contribution in [1.29, 1.82) is 0 Å². The molecule has 3 atom stereocenters. The molecule has 5 heteroatoms. The Kier molecular flexibility index (Phi) is 5.41. The van der Waals surface area contributed by atoms with Gasteiger partial charge in [-0.25, -0.2) is 0 Å². The molecule has 0 aromatic rings. The third-order valence-electron chi connectivity index (χ3n) is 4.61. The van der Waals surface area contributed by atoms with E-state index in [0.29, 0.717) is 6.54 Å². The third-order valence-corrected chi connectivity index (χ3v) is 4.61. The maximum atomic E-state index is 11.7. The Morgan fingerprint density at radius 3 is 2.55 bits per heavy atom. The van der Waals surface area contributed by atoms with Crippen LogP contribution in [-0.2, 0) is 14.3 Å². The monoisotopic (exact) mass is 285 g/mol. The van der Waals surface area contributed by atoms with Gasteiger partial charge in [0.2, 0.25) is 0 Å². The molecule has 20 heavy (non-hydrogen) atoms. The van der Waals surface area contributed by atoms with Crippen molar-refractivity contribution in [3.63, 3.8) is 0 Å². The Hall–Kier alpha value is -0.650. The maximum absolute atomic E-state index is 11.7. The Morgan fingerprint density at radius 1 is 1.30 bits per heavy atom. The van der Waals surface area contributed by atoms with E-state index in [0.717, 1.165) is 38.5 Å². The van der Waals surface area contributed by atoms with Crippen LogP contribution in [0.25, 0.3) is 0 Å². The lowest BCUT2D eigenvalue weighted by Crippen LogP contribution is -2.58. The Bertz CT molecular complexity index is 332. The lowest BCUT2D eigenvalue weighted by Gasteiger charge is -2.34. The summed E-state index contributed by atoms with van der Waals surface area (Å²) in [6.45, 7) is 2.86. The van der Waals surface area contributed by atoms with Crippen molar-refractivity contribution in [2.45, 2.75) is 63.2 Å². The summed E-state index contributed by atoms with van der Waals surface area (Å²) in [4.78, 5) is 11.7. The van der Waals surface area contributed by atoms with Crippen LogP contribution in [0.2, 0.25) is 0 Å². The first-order valence-corrected chi connectivity index (χ1v) is 7.75. The van der Waals surface area contributed by atoms with E-state index in [1.807, 2.05) is 6.92 Å². The molecule has 0 bridgehead atoms. The number of carbonyl (C=O) groups is 1. The molecule has 2 fully saturated rings. The van der Waals surface area contributed by atoms with Crippen LogP contribution >= 0.6 is 0 Å². The van der Waals surface area contributed by atoms with Gasteiger partial charge in [-0.3, -0.25) is 10.1 Å². The van der Waals surface area contributed by atoms with Crippen LogP contribution in [0, 0.1) is 5.92 Å². The fourth-order valence-corrected chi connectivity index (χ4v) is 3.23. The summed E-state index contributed by atoms with van der Waals surface area (Å²) in [6.07, 6.45) is 6.40. The molecule has 2 aliphatic rings. The number of nitrogens with one attached hydrogen (secondary N) is 1. The standard InChI is InChI=1S/C15H27NO4/c1-3-16-15(14(17)18,11-7-8-11)10-20-13-6-4-5-12(9-13)19-2/h11-13,16H,3-10H2,1-2H3,(H,17,18). The van der Waals surface area contributed by atoms with E-state index in [1.165, 1.54) is 0 Å². The van der Waals surface area contributed by atoms with Crippen molar-refractivity contribution < 1.29 is 19.4 Å². The summed E-state index contributed by atoms with van der Waals surface area (Å²) < 4.78 is 11.4. The predicted molar refractivity (Wildman–Crippen MR) is 75.8 cm³/mol. The molecule has 2 aliphatic carbocycles. The molecular weight excluding hydrogens is 258 g/mol. The first-order valence-electron chi connectivity index (χ1n) is 7.75. The normalized spacial score (nSPS) is 29.9. The minimum Gasteiger partial charge on any atom is -0.480 e. The SMILES string of the molecule is CCNC(COC1CCCC(OC)C1)(C(=O)O)C1CC1. The fraction of sp³-hybridized carbons (Fsp3) is 0.933. The first kappa shape index (κ1) is 15.7. The number of carboxylic acids is 1. The van der Waals surface area contributed by atoms with Gasteiger partial charge in [0.15, 0.2) is 0 Å². The molecule has 0 heterocycles. The zero-order valence-corrected chi connectivity index (χ0v) is 12.6. The van der Waals surface area contributed by atoms with E-state index in [1.54, 1.807) is 7.11 Å². The van der Waals surface area contributed by atoms with Gasteiger partial charge in [0.1, 0.15) is 5.54 Å². The topological polar surface area (TPSA) is 67.8 Å². The maximum Gasteiger partial charge on any atom is 0.326 e. The summed E-state index contributed by atoms with van der Waals surface area (Å²) in [5, 5.41) is 12.8. The summed E-state index contributed by atoms with van der Waals surface area (Å²) in [6, 6.07) is 0. The molecule has 0 spiro atoms. The molecule has 2 N–H and O–H groups in total. The number of aliphatic carboxylic acids is 1. The molecule has 0 radical (unpaired) electrons. The number of likely N-dealkylation sites (N-methyl/N-ethyl adjacent to an activating group) is 1. The molecule has 2 saturated carbocycles. The third kappa shape index (κ3) is 3.51. The van der Waals surface area contributed by atoms with Crippen molar-refractivity contribution in [1.82, 2.24) is 5.32 Å². The van der Waals surface area contributed by atoms with Gasteiger partial charge >= 0.3 is 5.97 Å². The second-order valence-corrected chi connectivity index (χ2v) is 6.04. The van der Waals surface area contributed by atoms with Gasteiger partial charge < -0.3 is 14.6 Å². The van der Waals surface area contributed by atoms with Crippen molar-refractivity contribution in [2.24, 2.45) is 5.92 Å². The number of methoxy groups -OCH3 is 1. The minimum atomic E-state index is -0.894. The highest BCUT2D eigenvalue weighted by Gasteiger charge is 2.51. The predicted octanol–water partition coefficient (Wildman–Crippen LogP) is 1.80. The zero-order chi connectivity index (χ0) is 14.6.